The van der Waals surface area contributed by atoms with E-state index in [0.717, 1.165) is 11.6 Å². The molecule has 27 heavy (non-hydrogen) atoms. The normalized spacial score (nSPS) is 15.8. The molecule has 4 rings (SSSR count). The van der Waals surface area contributed by atoms with Crippen LogP contribution >= 0.6 is 0 Å². The van der Waals surface area contributed by atoms with Crippen LogP contribution in [0, 0.1) is 0 Å². The van der Waals surface area contributed by atoms with Crippen LogP contribution in [0.3, 0.4) is 0 Å². The number of rotatable bonds is 6. The predicted molar refractivity (Wildman–Crippen MR) is 112 cm³/mol. The third-order valence-electron chi connectivity index (χ3n) is 5.02. The summed E-state index contributed by atoms with van der Waals surface area (Å²) in [6.07, 6.45) is 10.2. The van der Waals surface area contributed by atoms with Gasteiger partial charge in [0.2, 0.25) is 6.41 Å². The molecule has 2 saturated carbocycles. The first kappa shape index (κ1) is 19.1. The van der Waals surface area contributed by atoms with Crippen LogP contribution in [-0.2, 0) is 4.79 Å². The average Bonchev–Trinajstić information content (AvgIpc) is 3.59. The summed E-state index contributed by atoms with van der Waals surface area (Å²) in [5.74, 6) is 12.0. The lowest BCUT2D eigenvalue weighted by atomic mass is 9.98. The number of hydrogen-bond acceptors (Lipinski definition) is 4. The van der Waals surface area contributed by atoms with E-state index in [1.54, 1.807) is 10.4 Å². The number of nitrogens with one attached hydrogen (secondary N) is 1. The molecule has 0 bridgehead atoms. The van der Waals surface area contributed by atoms with Gasteiger partial charge in [-0.15, -0.1) is 0 Å². The van der Waals surface area contributed by atoms with Crippen molar-refractivity contribution in [1.82, 2.24) is 5.43 Å². The molecular weight excluding hydrogens is 336 g/mol. The van der Waals surface area contributed by atoms with E-state index < -0.39 is 0 Å². The number of hydrazine groups is 2. The van der Waals surface area contributed by atoms with Gasteiger partial charge in [0.15, 0.2) is 0 Å². The summed E-state index contributed by atoms with van der Waals surface area (Å²) in [6, 6.07) is 15.3. The van der Waals surface area contributed by atoms with E-state index in [4.69, 9.17) is 10.6 Å². The summed E-state index contributed by atoms with van der Waals surface area (Å²) >= 11 is 0. The van der Waals surface area contributed by atoms with Crippen molar-refractivity contribution in [2.75, 3.05) is 12.1 Å². The molecule has 2 aromatic carbocycles. The number of carbonyl (C=O) groups excluding carboxylic acids is 1. The molecular formula is C22H28N4O. The van der Waals surface area contributed by atoms with Gasteiger partial charge in [-0.3, -0.25) is 10.2 Å². The molecule has 0 aromatic heterocycles. The van der Waals surface area contributed by atoms with E-state index in [0.29, 0.717) is 12.3 Å². The number of nitrogens with zero attached hydrogens (tertiary/aromatic N) is 1. The number of amides is 1. The smallest absolute Gasteiger partial charge is 0.221 e. The van der Waals surface area contributed by atoms with E-state index in [1.165, 1.54) is 47.9 Å². The largest absolute Gasteiger partial charge is 0.314 e. The fraction of sp³-hybridized carbons (Fsp3) is 0.318. The lowest BCUT2D eigenvalue weighted by Crippen LogP contribution is -2.26. The standard InChI is InChI=1S/C21H24N2.CH4N2O/c1-23(22)21-8-4-7-19(17-11-12-17)20(21)14-13-15-5-2-3-6-18(15)16-9-10-16;2-3-1-4/h2-8,13-14,16-17H,9-12,22H2,1H3;1H,2H2,(H,3,4)/b14-13+;. The Morgan fingerprint density at radius 2 is 1.56 bits per heavy atom. The van der Waals surface area contributed by atoms with Crippen molar-refractivity contribution in [1.29, 1.82) is 0 Å². The molecule has 2 aliphatic rings. The topological polar surface area (TPSA) is 84.4 Å². The molecule has 5 N–H and O–H groups in total. The Morgan fingerprint density at radius 3 is 2.15 bits per heavy atom. The number of carbonyl (C=O) groups is 1. The Balaban J connectivity index is 0.000000481. The molecule has 2 aromatic rings. The zero-order chi connectivity index (χ0) is 19.2. The quantitative estimate of drug-likeness (QED) is 0.241. The van der Waals surface area contributed by atoms with Gasteiger partial charge in [-0.1, -0.05) is 48.6 Å². The predicted octanol–water partition coefficient (Wildman–Crippen LogP) is 3.53. The molecule has 0 aliphatic heterocycles. The second-order valence-electron chi connectivity index (χ2n) is 7.19. The number of nitrogens with two attached hydrogens (primary N) is 2. The van der Waals surface area contributed by atoms with E-state index >= 15 is 0 Å². The minimum Gasteiger partial charge on any atom is -0.314 e. The zero-order valence-electron chi connectivity index (χ0n) is 15.8. The van der Waals surface area contributed by atoms with Gasteiger partial charge in [-0.25, -0.2) is 11.7 Å². The summed E-state index contributed by atoms with van der Waals surface area (Å²) in [4.78, 5) is 8.94. The molecule has 1 amide bonds. The van der Waals surface area contributed by atoms with Gasteiger partial charge in [0.05, 0.1) is 5.69 Å². The fourth-order valence-corrected chi connectivity index (χ4v) is 3.41. The molecule has 2 fully saturated rings. The molecule has 2 aliphatic carbocycles. The van der Waals surface area contributed by atoms with Crippen molar-refractivity contribution in [3.63, 3.8) is 0 Å². The van der Waals surface area contributed by atoms with Crippen LogP contribution in [0.4, 0.5) is 5.69 Å². The van der Waals surface area contributed by atoms with Crippen molar-refractivity contribution in [2.24, 2.45) is 11.7 Å². The number of hydrogen-bond donors (Lipinski definition) is 3. The van der Waals surface area contributed by atoms with E-state index in [2.05, 4.69) is 60.5 Å². The Morgan fingerprint density at radius 1 is 0.963 bits per heavy atom. The van der Waals surface area contributed by atoms with Crippen LogP contribution < -0.4 is 22.1 Å². The highest BCUT2D eigenvalue weighted by molar-refractivity contribution is 5.80. The third-order valence-corrected chi connectivity index (χ3v) is 5.02. The van der Waals surface area contributed by atoms with Crippen LogP contribution in [0.2, 0.25) is 0 Å². The van der Waals surface area contributed by atoms with Crippen LogP contribution in [-0.4, -0.2) is 13.5 Å². The Kier molecular flexibility index (Phi) is 6.27. The number of anilines is 1. The molecule has 142 valence electrons. The Bertz CT molecular complexity index is 787. The Labute approximate surface area is 161 Å². The molecule has 0 heterocycles. The van der Waals surface area contributed by atoms with Gasteiger partial charge in [-0.05, 0) is 60.3 Å². The van der Waals surface area contributed by atoms with Crippen molar-refractivity contribution in [3.8, 4) is 0 Å². The van der Waals surface area contributed by atoms with E-state index in [9.17, 15) is 0 Å². The van der Waals surface area contributed by atoms with Gasteiger partial charge in [0, 0.05) is 12.6 Å². The first-order chi connectivity index (χ1) is 13.2. The average molecular weight is 364 g/mol. The Hall–Kier alpha value is -2.63. The summed E-state index contributed by atoms with van der Waals surface area (Å²) in [5.41, 5.74) is 8.43. The van der Waals surface area contributed by atoms with E-state index in [-0.39, 0.29) is 0 Å². The van der Waals surface area contributed by atoms with Gasteiger partial charge < -0.3 is 5.01 Å². The lowest BCUT2D eigenvalue weighted by molar-refractivity contribution is -0.109. The fourth-order valence-electron chi connectivity index (χ4n) is 3.41. The summed E-state index contributed by atoms with van der Waals surface area (Å²) in [7, 11) is 1.92. The van der Waals surface area contributed by atoms with Crippen LogP contribution in [0.5, 0.6) is 0 Å². The number of benzene rings is 2. The van der Waals surface area contributed by atoms with Crippen molar-refractivity contribution >= 4 is 24.2 Å². The molecule has 5 heteroatoms. The van der Waals surface area contributed by atoms with Crippen LogP contribution in [0.25, 0.3) is 12.2 Å². The van der Waals surface area contributed by atoms with Gasteiger partial charge >= 0.3 is 0 Å². The molecule has 0 unspecified atom stereocenters. The SMILES string of the molecule is CN(N)c1cccc(C2CC2)c1/C=C/c1ccccc1C1CC1.NNC=O. The molecule has 0 radical (unpaired) electrons. The van der Waals surface area contributed by atoms with Crippen molar-refractivity contribution in [2.45, 2.75) is 37.5 Å². The first-order valence-electron chi connectivity index (χ1n) is 9.43. The third kappa shape index (κ3) is 4.96. The van der Waals surface area contributed by atoms with Gasteiger partial charge in [0.25, 0.3) is 0 Å². The van der Waals surface area contributed by atoms with Crippen LogP contribution in [0.15, 0.2) is 42.5 Å². The maximum Gasteiger partial charge on any atom is 0.221 e. The second kappa shape index (κ2) is 8.84. The van der Waals surface area contributed by atoms with Gasteiger partial charge in [0.1, 0.15) is 0 Å². The minimum atomic E-state index is 0.403. The second-order valence-corrected chi connectivity index (χ2v) is 7.19. The molecule has 0 spiro atoms. The van der Waals surface area contributed by atoms with Crippen molar-refractivity contribution in [3.05, 3.63) is 64.7 Å². The molecule has 0 saturated heterocycles. The summed E-state index contributed by atoms with van der Waals surface area (Å²) in [5, 5.41) is 1.73. The summed E-state index contributed by atoms with van der Waals surface area (Å²) < 4.78 is 0. The first-order valence-corrected chi connectivity index (χ1v) is 9.43. The highest BCUT2D eigenvalue weighted by atomic mass is 16.1. The lowest BCUT2D eigenvalue weighted by Gasteiger charge is -2.18. The zero-order valence-corrected chi connectivity index (χ0v) is 15.8. The van der Waals surface area contributed by atoms with Crippen LogP contribution in [0.1, 0.15) is 59.8 Å². The summed E-state index contributed by atoms with van der Waals surface area (Å²) in [6.45, 7) is 0. The highest BCUT2D eigenvalue weighted by Gasteiger charge is 2.27. The van der Waals surface area contributed by atoms with Gasteiger partial charge in [-0.2, -0.15) is 0 Å². The minimum absolute atomic E-state index is 0.403. The maximum atomic E-state index is 8.94. The molecule has 0 atom stereocenters. The highest BCUT2D eigenvalue weighted by Crippen LogP contribution is 2.45. The van der Waals surface area contributed by atoms with Crippen molar-refractivity contribution < 1.29 is 4.79 Å². The monoisotopic (exact) mass is 364 g/mol. The van der Waals surface area contributed by atoms with E-state index in [1.807, 2.05) is 7.05 Å². The maximum absolute atomic E-state index is 8.94. The molecule has 5 nitrogen and oxygen atoms in total.